The van der Waals surface area contributed by atoms with Gasteiger partial charge in [0.1, 0.15) is 5.66 Å². The molecule has 2 aliphatic rings. The maximum Gasteiger partial charge on any atom is 0.471 e. The van der Waals surface area contributed by atoms with E-state index < -0.39 is 17.7 Å². The lowest BCUT2D eigenvalue weighted by Crippen LogP contribution is -2.58. The van der Waals surface area contributed by atoms with Gasteiger partial charge in [0.15, 0.2) is 0 Å². The molecule has 0 radical (unpaired) electrons. The topological polar surface area (TPSA) is 109 Å². The number of amides is 1. The van der Waals surface area contributed by atoms with Crippen LogP contribution in [0.1, 0.15) is 32.1 Å². The zero-order valence-corrected chi connectivity index (χ0v) is 13.9. The molecule has 3 rings (SSSR count). The van der Waals surface area contributed by atoms with Gasteiger partial charge in [0.05, 0.1) is 0 Å². The Labute approximate surface area is 148 Å². The van der Waals surface area contributed by atoms with Gasteiger partial charge in [-0.25, -0.2) is 4.99 Å². The van der Waals surface area contributed by atoms with Crippen molar-refractivity contribution in [1.29, 1.82) is 0 Å². The lowest BCUT2D eigenvalue weighted by Gasteiger charge is -2.45. The fourth-order valence-electron chi connectivity index (χ4n) is 3.39. The van der Waals surface area contributed by atoms with Crippen molar-refractivity contribution in [1.82, 2.24) is 0 Å². The number of nitrogens with two attached hydrogens (primary N) is 2. The molecule has 140 valence electrons. The molecule has 1 spiro atoms. The number of aliphatic imine (C=N–C) groups is 2. The molecule has 0 bridgehead atoms. The third kappa shape index (κ3) is 3.44. The van der Waals surface area contributed by atoms with Crippen LogP contribution in [0.15, 0.2) is 34.3 Å². The molecule has 0 aromatic heterocycles. The highest BCUT2D eigenvalue weighted by molar-refractivity contribution is 6.05. The SMILES string of the molecule is NC1=NC2(CCCCC2)N(c2ccc(NC(=O)C(F)(F)F)cc2)C(N)=N1. The van der Waals surface area contributed by atoms with E-state index in [2.05, 4.69) is 9.98 Å². The molecule has 1 amide bonds. The first-order valence-electron chi connectivity index (χ1n) is 8.19. The zero-order valence-electron chi connectivity index (χ0n) is 13.9. The van der Waals surface area contributed by atoms with Gasteiger partial charge in [-0.15, -0.1) is 0 Å². The van der Waals surface area contributed by atoms with Gasteiger partial charge in [-0.3, -0.25) is 9.69 Å². The van der Waals surface area contributed by atoms with Gasteiger partial charge in [-0.1, -0.05) is 6.42 Å². The molecule has 1 aromatic carbocycles. The van der Waals surface area contributed by atoms with E-state index in [0.29, 0.717) is 5.69 Å². The van der Waals surface area contributed by atoms with E-state index in [4.69, 9.17) is 11.5 Å². The van der Waals surface area contributed by atoms with Crippen LogP contribution in [0, 0.1) is 0 Å². The molecule has 0 saturated heterocycles. The molecule has 7 nitrogen and oxygen atoms in total. The Morgan fingerprint density at radius 2 is 1.73 bits per heavy atom. The summed E-state index contributed by atoms with van der Waals surface area (Å²) in [6.07, 6.45) is -0.445. The number of guanidine groups is 2. The van der Waals surface area contributed by atoms with E-state index in [0.717, 1.165) is 32.1 Å². The third-order valence-corrected chi connectivity index (χ3v) is 4.49. The van der Waals surface area contributed by atoms with E-state index in [-0.39, 0.29) is 17.6 Å². The molecule has 0 atom stereocenters. The molecule has 1 heterocycles. The molecule has 10 heteroatoms. The summed E-state index contributed by atoms with van der Waals surface area (Å²) in [5.41, 5.74) is 11.9. The molecule has 1 aliphatic carbocycles. The number of hydrogen-bond acceptors (Lipinski definition) is 6. The first kappa shape index (κ1) is 18.0. The Morgan fingerprint density at radius 3 is 2.31 bits per heavy atom. The maximum atomic E-state index is 12.4. The fraction of sp³-hybridized carbons (Fsp3) is 0.438. The number of carbonyl (C=O) groups excluding carboxylic acids is 1. The Balaban J connectivity index is 1.87. The van der Waals surface area contributed by atoms with Gasteiger partial charge in [0.25, 0.3) is 0 Å². The molecule has 5 N–H and O–H groups in total. The number of nitrogens with one attached hydrogen (secondary N) is 1. The molecule has 1 aromatic rings. The van der Waals surface area contributed by atoms with Crippen LogP contribution in [-0.4, -0.2) is 29.7 Å². The molecular formula is C16H19F3N6O. The Morgan fingerprint density at radius 1 is 1.12 bits per heavy atom. The summed E-state index contributed by atoms with van der Waals surface area (Å²) in [6.45, 7) is 0. The van der Waals surface area contributed by atoms with Crippen molar-refractivity contribution < 1.29 is 18.0 Å². The van der Waals surface area contributed by atoms with E-state index in [9.17, 15) is 18.0 Å². The summed E-state index contributed by atoms with van der Waals surface area (Å²) in [7, 11) is 0. The maximum absolute atomic E-state index is 12.4. The normalized spacial score (nSPS) is 19.7. The van der Waals surface area contributed by atoms with E-state index in [1.807, 2.05) is 5.32 Å². The zero-order chi connectivity index (χ0) is 18.9. The van der Waals surface area contributed by atoms with Crippen molar-refractivity contribution in [2.75, 3.05) is 10.2 Å². The van der Waals surface area contributed by atoms with E-state index in [1.165, 1.54) is 12.1 Å². The van der Waals surface area contributed by atoms with Crippen molar-refractivity contribution in [3.63, 3.8) is 0 Å². The number of benzene rings is 1. The molecular weight excluding hydrogens is 349 g/mol. The van der Waals surface area contributed by atoms with Crippen LogP contribution >= 0.6 is 0 Å². The molecule has 26 heavy (non-hydrogen) atoms. The van der Waals surface area contributed by atoms with Crippen molar-refractivity contribution >= 4 is 29.2 Å². The predicted octanol–water partition coefficient (Wildman–Crippen LogP) is 2.30. The highest BCUT2D eigenvalue weighted by Gasteiger charge is 2.42. The quantitative estimate of drug-likeness (QED) is 0.744. The smallest absolute Gasteiger partial charge is 0.369 e. The number of alkyl halides is 3. The minimum Gasteiger partial charge on any atom is -0.369 e. The highest BCUT2D eigenvalue weighted by atomic mass is 19.4. The summed E-state index contributed by atoms with van der Waals surface area (Å²) in [4.78, 5) is 21.3. The standard InChI is InChI=1S/C16H19F3N6O/c17-16(18,19)12(26)22-10-4-6-11(7-5-10)25-14(21)23-13(20)24-15(25)8-2-1-3-9-15/h4-7H,1-3,8-9H2,(H,22,26)(H4,20,21,23,24). The molecule has 1 aliphatic heterocycles. The predicted molar refractivity (Wildman–Crippen MR) is 92.7 cm³/mol. The third-order valence-electron chi connectivity index (χ3n) is 4.49. The van der Waals surface area contributed by atoms with Gasteiger partial charge in [0.2, 0.25) is 11.9 Å². The molecule has 1 fully saturated rings. The Hall–Kier alpha value is -2.78. The molecule has 1 saturated carbocycles. The van der Waals surface area contributed by atoms with Gasteiger partial charge in [-0.2, -0.15) is 18.2 Å². The van der Waals surface area contributed by atoms with Crippen LogP contribution in [0.5, 0.6) is 0 Å². The van der Waals surface area contributed by atoms with Crippen molar-refractivity contribution in [2.45, 2.75) is 43.9 Å². The van der Waals surface area contributed by atoms with Crippen LogP contribution in [0.4, 0.5) is 24.5 Å². The van der Waals surface area contributed by atoms with Crippen LogP contribution in [0.25, 0.3) is 0 Å². The lowest BCUT2D eigenvalue weighted by molar-refractivity contribution is -0.167. The number of hydrogen-bond donors (Lipinski definition) is 3. The van der Waals surface area contributed by atoms with Gasteiger partial charge < -0.3 is 16.8 Å². The number of carbonyl (C=O) groups is 1. The van der Waals surface area contributed by atoms with Crippen LogP contribution < -0.4 is 21.7 Å². The summed E-state index contributed by atoms with van der Waals surface area (Å²) >= 11 is 0. The second-order valence-corrected chi connectivity index (χ2v) is 6.32. The van der Waals surface area contributed by atoms with Crippen molar-refractivity contribution in [3.05, 3.63) is 24.3 Å². The number of nitrogens with zero attached hydrogens (tertiary/aromatic N) is 3. The Bertz CT molecular complexity index is 750. The van der Waals surface area contributed by atoms with Crippen LogP contribution in [0.3, 0.4) is 0 Å². The van der Waals surface area contributed by atoms with Crippen LogP contribution in [-0.2, 0) is 4.79 Å². The Kier molecular flexibility index (Phi) is 4.51. The van der Waals surface area contributed by atoms with Crippen molar-refractivity contribution in [3.8, 4) is 0 Å². The minimum atomic E-state index is -4.94. The highest BCUT2D eigenvalue weighted by Crippen LogP contribution is 2.39. The van der Waals surface area contributed by atoms with E-state index in [1.54, 1.807) is 17.0 Å². The van der Waals surface area contributed by atoms with Gasteiger partial charge in [0, 0.05) is 11.4 Å². The summed E-state index contributed by atoms with van der Waals surface area (Å²) in [6, 6.07) is 5.90. The second-order valence-electron chi connectivity index (χ2n) is 6.32. The molecule has 0 unspecified atom stereocenters. The number of rotatable bonds is 2. The summed E-state index contributed by atoms with van der Waals surface area (Å²) < 4.78 is 37.1. The van der Waals surface area contributed by atoms with Crippen molar-refractivity contribution in [2.24, 2.45) is 21.5 Å². The van der Waals surface area contributed by atoms with E-state index >= 15 is 0 Å². The first-order valence-corrected chi connectivity index (χ1v) is 8.19. The second kappa shape index (κ2) is 6.50. The monoisotopic (exact) mass is 368 g/mol. The summed E-state index contributed by atoms with van der Waals surface area (Å²) in [5, 5.41) is 1.81. The van der Waals surface area contributed by atoms with Gasteiger partial charge in [-0.05, 0) is 49.9 Å². The van der Waals surface area contributed by atoms with Gasteiger partial charge >= 0.3 is 12.1 Å². The number of halogens is 3. The summed E-state index contributed by atoms with van der Waals surface area (Å²) in [5.74, 6) is -1.72. The number of anilines is 2. The lowest BCUT2D eigenvalue weighted by atomic mass is 9.87. The average molecular weight is 368 g/mol. The fourth-order valence-corrected chi connectivity index (χ4v) is 3.39. The minimum absolute atomic E-state index is 0.0318. The largest absolute Gasteiger partial charge is 0.471 e. The average Bonchev–Trinajstić information content (AvgIpc) is 2.55. The first-order chi connectivity index (χ1) is 12.2. The van der Waals surface area contributed by atoms with Crippen LogP contribution in [0.2, 0.25) is 0 Å².